The summed E-state index contributed by atoms with van der Waals surface area (Å²) in [7, 11) is 1.43. The van der Waals surface area contributed by atoms with Crippen LogP contribution in [0.5, 0.6) is 5.75 Å². The number of amides is 1. The van der Waals surface area contributed by atoms with Gasteiger partial charge in [0.1, 0.15) is 0 Å². The average Bonchev–Trinajstić information content (AvgIpc) is 2.92. The Morgan fingerprint density at radius 3 is 2.95 bits per heavy atom. The van der Waals surface area contributed by atoms with Gasteiger partial charge in [-0.05, 0) is 50.3 Å². The first-order chi connectivity index (χ1) is 10.5. The number of carbonyl (C=O) groups excluding carboxylic acids is 1. The number of halogens is 1. The summed E-state index contributed by atoms with van der Waals surface area (Å²) >= 11 is 0. The van der Waals surface area contributed by atoms with Crippen molar-refractivity contribution in [2.45, 2.75) is 51.2 Å². The quantitative estimate of drug-likeness (QED) is 0.878. The van der Waals surface area contributed by atoms with Gasteiger partial charge in [-0.25, -0.2) is 4.39 Å². The van der Waals surface area contributed by atoms with Gasteiger partial charge in [-0.15, -0.1) is 0 Å². The molecule has 1 aromatic carbocycles. The van der Waals surface area contributed by atoms with Crippen molar-refractivity contribution in [3.8, 4) is 5.75 Å². The standard InChI is InChI=1S/C17H24FNO3/c1-12(20)10-14-4-3-9-19(14)17(21)8-6-13-5-7-16(22-2)15(18)11-13/h5,7,11-12,14,20H,3-4,6,8-10H2,1-2H3. The van der Waals surface area contributed by atoms with Crippen LogP contribution in [0.1, 0.15) is 38.2 Å². The lowest BCUT2D eigenvalue weighted by Crippen LogP contribution is -2.37. The molecule has 0 radical (unpaired) electrons. The average molecular weight is 309 g/mol. The highest BCUT2D eigenvalue weighted by Crippen LogP contribution is 2.23. The molecule has 0 spiro atoms. The van der Waals surface area contributed by atoms with Gasteiger partial charge in [0.25, 0.3) is 0 Å². The zero-order chi connectivity index (χ0) is 16.1. The number of aliphatic hydroxyl groups is 1. The van der Waals surface area contributed by atoms with Crippen molar-refractivity contribution in [2.24, 2.45) is 0 Å². The Morgan fingerprint density at radius 2 is 2.32 bits per heavy atom. The maximum absolute atomic E-state index is 13.6. The topological polar surface area (TPSA) is 49.8 Å². The highest BCUT2D eigenvalue weighted by molar-refractivity contribution is 5.77. The molecule has 2 unspecified atom stereocenters. The summed E-state index contributed by atoms with van der Waals surface area (Å²) in [5, 5.41) is 9.51. The molecule has 0 saturated carbocycles. The van der Waals surface area contributed by atoms with Crippen LogP contribution in [-0.4, -0.2) is 41.7 Å². The van der Waals surface area contributed by atoms with Crippen molar-refractivity contribution in [2.75, 3.05) is 13.7 Å². The van der Waals surface area contributed by atoms with E-state index in [1.807, 2.05) is 4.90 Å². The Kier molecular flexibility index (Phi) is 5.77. The molecule has 5 heteroatoms. The smallest absolute Gasteiger partial charge is 0.223 e. The Morgan fingerprint density at radius 1 is 1.55 bits per heavy atom. The maximum Gasteiger partial charge on any atom is 0.223 e. The number of ether oxygens (including phenoxy) is 1. The largest absolute Gasteiger partial charge is 0.494 e. The first kappa shape index (κ1) is 16.7. The highest BCUT2D eigenvalue weighted by atomic mass is 19.1. The molecule has 1 aliphatic heterocycles. The van der Waals surface area contributed by atoms with Crippen LogP contribution in [0.25, 0.3) is 0 Å². The van der Waals surface area contributed by atoms with E-state index in [9.17, 15) is 14.3 Å². The van der Waals surface area contributed by atoms with Gasteiger partial charge in [-0.3, -0.25) is 4.79 Å². The van der Waals surface area contributed by atoms with Crippen molar-refractivity contribution in [1.82, 2.24) is 4.90 Å². The summed E-state index contributed by atoms with van der Waals surface area (Å²) in [6.45, 7) is 2.51. The van der Waals surface area contributed by atoms with Crippen LogP contribution in [0.2, 0.25) is 0 Å². The monoisotopic (exact) mass is 309 g/mol. The molecule has 0 aromatic heterocycles. The third-order valence-corrected chi connectivity index (χ3v) is 4.15. The van der Waals surface area contributed by atoms with E-state index in [1.54, 1.807) is 19.1 Å². The summed E-state index contributed by atoms with van der Waals surface area (Å²) in [6.07, 6.45) is 3.05. The van der Waals surface area contributed by atoms with E-state index in [0.29, 0.717) is 19.3 Å². The molecule has 4 nitrogen and oxygen atoms in total. The molecule has 1 aliphatic rings. The van der Waals surface area contributed by atoms with Crippen molar-refractivity contribution in [3.63, 3.8) is 0 Å². The van der Waals surface area contributed by atoms with Gasteiger partial charge in [0.15, 0.2) is 11.6 Å². The number of benzene rings is 1. The molecule has 1 saturated heterocycles. The number of carbonyl (C=O) groups is 1. The number of hydrogen-bond donors (Lipinski definition) is 1. The fraction of sp³-hybridized carbons (Fsp3) is 0.588. The van der Waals surface area contributed by atoms with Gasteiger partial charge in [0, 0.05) is 19.0 Å². The molecule has 1 aromatic rings. The third kappa shape index (κ3) is 4.19. The van der Waals surface area contributed by atoms with Gasteiger partial charge in [-0.2, -0.15) is 0 Å². The normalized spacial score (nSPS) is 19.3. The number of rotatable bonds is 6. The minimum atomic E-state index is -0.402. The van der Waals surface area contributed by atoms with Gasteiger partial charge < -0.3 is 14.7 Å². The lowest BCUT2D eigenvalue weighted by Gasteiger charge is -2.25. The summed E-state index contributed by atoms with van der Waals surface area (Å²) in [5.74, 6) is -0.105. The van der Waals surface area contributed by atoms with Crippen LogP contribution in [0, 0.1) is 5.82 Å². The third-order valence-electron chi connectivity index (χ3n) is 4.15. The van der Waals surface area contributed by atoms with E-state index in [2.05, 4.69) is 0 Å². The molecule has 1 amide bonds. The lowest BCUT2D eigenvalue weighted by molar-refractivity contribution is -0.132. The maximum atomic E-state index is 13.6. The first-order valence-electron chi connectivity index (χ1n) is 7.81. The molecular formula is C17H24FNO3. The van der Waals surface area contributed by atoms with Crippen molar-refractivity contribution in [1.29, 1.82) is 0 Å². The Hall–Kier alpha value is -1.62. The van der Waals surface area contributed by atoms with Gasteiger partial charge in [0.2, 0.25) is 5.91 Å². The Bertz CT molecular complexity index is 519. The van der Waals surface area contributed by atoms with Crippen LogP contribution in [0.3, 0.4) is 0 Å². The van der Waals surface area contributed by atoms with Crippen molar-refractivity contribution in [3.05, 3.63) is 29.6 Å². The molecule has 1 heterocycles. The summed E-state index contributed by atoms with van der Waals surface area (Å²) < 4.78 is 18.5. The number of hydrogen-bond acceptors (Lipinski definition) is 3. The fourth-order valence-electron chi connectivity index (χ4n) is 3.06. The lowest BCUT2D eigenvalue weighted by atomic mass is 10.1. The SMILES string of the molecule is COc1ccc(CCC(=O)N2CCCC2CC(C)O)cc1F. The van der Waals surface area contributed by atoms with E-state index in [-0.39, 0.29) is 17.7 Å². The molecule has 1 N–H and O–H groups in total. The van der Waals surface area contributed by atoms with E-state index < -0.39 is 11.9 Å². The predicted molar refractivity (Wildman–Crippen MR) is 82.3 cm³/mol. The number of nitrogens with zero attached hydrogens (tertiary/aromatic N) is 1. The van der Waals surface area contributed by atoms with E-state index in [0.717, 1.165) is 24.9 Å². The molecule has 22 heavy (non-hydrogen) atoms. The molecule has 2 rings (SSSR count). The van der Waals surface area contributed by atoms with Crippen LogP contribution < -0.4 is 4.74 Å². The van der Waals surface area contributed by atoms with Crippen LogP contribution in [0.4, 0.5) is 4.39 Å². The zero-order valence-electron chi connectivity index (χ0n) is 13.2. The number of methoxy groups -OCH3 is 1. The van der Waals surface area contributed by atoms with Crippen LogP contribution >= 0.6 is 0 Å². The second-order valence-corrected chi connectivity index (χ2v) is 5.94. The molecule has 122 valence electrons. The van der Waals surface area contributed by atoms with Crippen molar-refractivity contribution < 1.29 is 19.0 Å². The second-order valence-electron chi connectivity index (χ2n) is 5.94. The van der Waals surface area contributed by atoms with Gasteiger partial charge in [0.05, 0.1) is 13.2 Å². The number of likely N-dealkylation sites (tertiary alicyclic amines) is 1. The molecule has 1 fully saturated rings. The fourth-order valence-corrected chi connectivity index (χ4v) is 3.06. The number of aryl methyl sites for hydroxylation is 1. The summed E-state index contributed by atoms with van der Waals surface area (Å²) in [4.78, 5) is 14.2. The zero-order valence-corrected chi connectivity index (χ0v) is 13.2. The van der Waals surface area contributed by atoms with Crippen LogP contribution in [0.15, 0.2) is 18.2 Å². The van der Waals surface area contributed by atoms with Crippen LogP contribution in [-0.2, 0) is 11.2 Å². The minimum Gasteiger partial charge on any atom is -0.494 e. The second kappa shape index (κ2) is 7.58. The molecule has 0 aliphatic carbocycles. The molecular weight excluding hydrogens is 285 g/mol. The van der Waals surface area contributed by atoms with Gasteiger partial charge in [-0.1, -0.05) is 6.07 Å². The van der Waals surface area contributed by atoms with Gasteiger partial charge >= 0.3 is 0 Å². The first-order valence-corrected chi connectivity index (χ1v) is 7.81. The molecule has 2 atom stereocenters. The van der Waals surface area contributed by atoms with E-state index in [4.69, 9.17) is 4.74 Å². The Labute approximate surface area is 130 Å². The summed E-state index contributed by atoms with van der Waals surface area (Å²) in [6, 6.07) is 4.93. The minimum absolute atomic E-state index is 0.0828. The predicted octanol–water partition coefficient (Wildman–Crippen LogP) is 2.53. The highest BCUT2D eigenvalue weighted by Gasteiger charge is 2.29. The van der Waals surface area contributed by atoms with Crippen molar-refractivity contribution >= 4 is 5.91 Å². The van der Waals surface area contributed by atoms with E-state index in [1.165, 1.54) is 13.2 Å². The van der Waals surface area contributed by atoms with E-state index >= 15 is 0 Å². The Balaban J connectivity index is 1.90. The number of aliphatic hydroxyl groups excluding tert-OH is 1. The molecule has 0 bridgehead atoms. The summed E-state index contributed by atoms with van der Waals surface area (Å²) in [5.41, 5.74) is 0.790.